The van der Waals surface area contributed by atoms with Gasteiger partial charge in [-0.2, -0.15) is 0 Å². The molecular weight excluding hydrogens is 212 g/mol. The molecule has 0 amide bonds. The molecule has 0 aliphatic carbocycles. The molecule has 2 saturated heterocycles. The van der Waals surface area contributed by atoms with Gasteiger partial charge < -0.3 is 9.64 Å². The molecule has 2 rings (SSSR count). The molecule has 0 bridgehead atoms. The summed E-state index contributed by atoms with van der Waals surface area (Å²) < 4.78 is 5.83. The van der Waals surface area contributed by atoms with Crippen LogP contribution in [0.2, 0.25) is 0 Å². The third kappa shape index (κ3) is 3.06. The molecule has 2 aliphatic rings. The van der Waals surface area contributed by atoms with Crippen molar-refractivity contribution in [2.45, 2.75) is 50.9 Å². The highest BCUT2D eigenvalue weighted by Gasteiger charge is 2.37. The van der Waals surface area contributed by atoms with Crippen molar-refractivity contribution in [3.63, 3.8) is 0 Å². The van der Waals surface area contributed by atoms with Gasteiger partial charge >= 0.3 is 0 Å². The fourth-order valence-electron chi connectivity index (χ4n) is 2.72. The molecule has 1 N–H and O–H groups in total. The Kier molecular flexibility index (Phi) is 4.41. The predicted molar refractivity (Wildman–Crippen MR) is 64.5 cm³/mol. The third-order valence-corrected chi connectivity index (χ3v) is 3.50. The van der Waals surface area contributed by atoms with E-state index in [4.69, 9.17) is 4.74 Å². The van der Waals surface area contributed by atoms with Crippen molar-refractivity contribution in [1.29, 1.82) is 0 Å². The van der Waals surface area contributed by atoms with E-state index in [2.05, 4.69) is 31.1 Å². The fraction of sp³-hybridized carbons (Fsp3) is 1.00. The van der Waals surface area contributed by atoms with Gasteiger partial charge in [-0.25, -0.2) is 0 Å². The van der Waals surface area contributed by atoms with E-state index >= 15 is 0 Å². The first-order valence-corrected chi connectivity index (χ1v) is 5.71. The molecule has 0 aromatic rings. The van der Waals surface area contributed by atoms with Gasteiger partial charge in [0.2, 0.25) is 0 Å². The van der Waals surface area contributed by atoms with Gasteiger partial charge in [0.15, 0.2) is 0 Å². The molecule has 15 heavy (non-hydrogen) atoms. The van der Waals surface area contributed by atoms with Crippen LogP contribution in [0.25, 0.3) is 0 Å². The molecule has 3 unspecified atom stereocenters. The van der Waals surface area contributed by atoms with Gasteiger partial charge in [-0.15, -0.1) is 12.4 Å². The monoisotopic (exact) mass is 234 g/mol. The Morgan fingerprint density at radius 1 is 1.53 bits per heavy atom. The van der Waals surface area contributed by atoms with E-state index in [9.17, 15) is 0 Å². The second-order valence-corrected chi connectivity index (χ2v) is 5.07. The largest absolute Gasteiger partial charge is 0.359 e. The minimum absolute atomic E-state index is 0. The number of halogens is 1. The standard InChI is InChI=1S/C11H22N2O.ClH/c1-9-8-14-11(2,12-9)7-10-5-4-6-13(10)3;/h9-10,12H,4-8H2,1-3H3;1H. The van der Waals surface area contributed by atoms with E-state index in [1.54, 1.807) is 0 Å². The Bertz CT molecular complexity index is 215. The Balaban J connectivity index is 0.00000112. The number of hydrogen-bond donors (Lipinski definition) is 1. The molecule has 2 aliphatic heterocycles. The minimum atomic E-state index is -0.0807. The van der Waals surface area contributed by atoms with E-state index in [-0.39, 0.29) is 18.1 Å². The van der Waals surface area contributed by atoms with Gasteiger partial charge in [-0.3, -0.25) is 5.32 Å². The second-order valence-electron chi connectivity index (χ2n) is 5.07. The first-order chi connectivity index (χ1) is 6.59. The zero-order chi connectivity index (χ0) is 10.2. The molecule has 4 heteroatoms. The van der Waals surface area contributed by atoms with Crippen molar-refractivity contribution < 1.29 is 4.74 Å². The highest BCUT2D eigenvalue weighted by molar-refractivity contribution is 5.85. The molecule has 2 fully saturated rings. The van der Waals surface area contributed by atoms with Crippen LogP contribution in [0.3, 0.4) is 0 Å². The van der Waals surface area contributed by atoms with Crippen LogP contribution in [0.5, 0.6) is 0 Å². The van der Waals surface area contributed by atoms with Crippen molar-refractivity contribution in [2.75, 3.05) is 20.2 Å². The molecule has 3 nitrogen and oxygen atoms in total. The number of nitrogens with zero attached hydrogens (tertiary/aromatic N) is 1. The van der Waals surface area contributed by atoms with Crippen molar-refractivity contribution >= 4 is 12.4 Å². The molecule has 0 aromatic heterocycles. The number of likely N-dealkylation sites (tertiary alicyclic amines) is 1. The van der Waals surface area contributed by atoms with Crippen LogP contribution in [-0.2, 0) is 4.74 Å². The molecule has 0 radical (unpaired) electrons. The average Bonchev–Trinajstić information content (AvgIpc) is 2.62. The lowest BCUT2D eigenvalue weighted by atomic mass is 10.0. The summed E-state index contributed by atoms with van der Waals surface area (Å²) in [5.74, 6) is 0. The van der Waals surface area contributed by atoms with Crippen LogP contribution in [0.4, 0.5) is 0 Å². The fourth-order valence-corrected chi connectivity index (χ4v) is 2.72. The Morgan fingerprint density at radius 3 is 2.73 bits per heavy atom. The van der Waals surface area contributed by atoms with E-state index < -0.39 is 0 Å². The summed E-state index contributed by atoms with van der Waals surface area (Å²) in [4.78, 5) is 2.46. The lowest BCUT2D eigenvalue weighted by Gasteiger charge is -2.30. The van der Waals surface area contributed by atoms with Gasteiger partial charge in [-0.1, -0.05) is 0 Å². The molecular formula is C11H23ClN2O. The molecule has 3 atom stereocenters. The van der Waals surface area contributed by atoms with Gasteiger partial charge in [-0.05, 0) is 40.3 Å². The summed E-state index contributed by atoms with van der Waals surface area (Å²) in [7, 11) is 2.22. The number of ether oxygens (including phenoxy) is 1. The minimum Gasteiger partial charge on any atom is -0.359 e. The van der Waals surface area contributed by atoms with E-state index in [1.807, 2.05) is 0 Å². The topological polar surface area (TPSA) is 24.5 Å². The summed E-state index contributed by atoms with van der Waals surface area (Å²) in [6.45, 7) is 6.47. The zero-order valence-corrected chi connectivity index (χ0v) is 10.8. The second kappa shape index (κ2) is 5.00. The molecule has 0 aromatic carbocycles. The zero-order valence-electron chi connectivity index (χ0n) is 9.95. The quantitative estimate of drug-likeness (QED) is 0.786. The molecule has 90 valence electrons. The summed E-state index contributed by atoms with van der Waals surface area (Å²) in [5.41, 5.74) is -0.0807. The Hall–Kier alpha value is 0.170. The van der Waals surface area contributed by atoms with Crippen molar-refractivity contribution in [3.8, 4) is 0 Å². The van der Waals surface area contributed by atoms with Crippen LogP contribution < -0.4 is 5.32 Å². The van der Waals surface area contributed by atoms with Crippen LogP contribution in [0.15, 0.2) is 0 Å². The molecule has 0 saturated carbocycles. The highest BCUT2D eigenvalue weighted by Crippen LogP contribution is 2.27. The third-order valence-electron chi connectivity index (χ3n) is 3.50. The van der Waals surface area contributed by atoms with Gasteiger partial charge in [0.1, 0.15) is 5.72 Å². The maximum Gasteiger partial charge on any atom is 0.118 e. The average molecular weight is 235 g/mol. The van der Waals surface area contributed by atoms with Crippen LogP contribution in [-0.4, -0.2) is 42.9 Å². The number of hydrogen-bond acceptors (Lipinski definition) is 3. The van der Waals surface area contributed by atoms with Crippen molar-refractivity contribution in [2.24, 2.45) is 0 Å². The van der Waals surface area contributed by atoms with Crippen molar-refractivity contribution in [3.05, 3.63) is 0 Å². The summed E-state index contributed by atoms with van der Waals surface area (Å²) >= 11 is 0. The lowest BCUT2D eigenvalue weighted by molar-refractivity contribution is -0.0157. The predicted octanol–water partition coefficient (Wildman–Crippen LogP) is 1.62. The Labute approximate surface area is 99.0 Å². The molecule has 2 heterocycles. The normalized spacial score (nSPS) is 41.8. The maximum absolute atomic E-state index is 5.83. The SMILES string of the molecule is CC1COC(C)(CC2CCCN2C)N1.Cl. The maximum atomic E-state index is 5.83. The van der Waals surface area contributed by atoms with Crippen molar-refractivity contribution in [1.82, 2.24) is 10.2 Å². The van der Waals surface area contributed by atoms with Crippen LogP contribution in [0, 0.1) is 0 Å². The van der Waals surface area contributed by atoms with E-state index in [0.717, 1.165) is 13.0 Å². The summed E-state index contributed by atoms with van der Waals surface area (Å²) in [5, 5.41) is 3.53. The molecule has 0 spiro atoms. The Morgan fingerprint density at radius 2 is 2.27 bits per heavy atom. The number of rotatable bonds is 2. The van der Waals surface area contributed by atoms with E-state index in [1.165, 1.54) is 19.4 Å². The summed E-state index contributed by atoms with van der Waals surface area (Å²) in [6, 6.07) is 1.21. The van der Waals surface area contributed by atoms with Gasteiger partial charge in [0.05, 0.1) is 6.61 Å². The first-order valence-electron chi connectivity index (χ1n) is 5.71. The lowest BCUT2D eigenvalue weighted by Crippen LogP contribution is -2.45. The van der Waals surface area contributed by atoms with Gasteiger partial charge in [0, 0.05) is 18.5 Å². The van der Waals surface area contributed by atoms with Crippen LogP contribution >= 0.6 is 12.4 Å². The highest BCUT2D eigenvalue weighted by atomic mass is 35.5. The summed E-state index contributed by atoms with van der Waals surface area (Å²) in [6.07, 6.45) is 3.78. The smallest absolute Gasteiger partial charge is 0.118 e. The van der Waals surface area contributed by atoms with Crippen LogP contribution in [0.1, 0.15) is 33.1 Å². The number of nitrogens with one attached hydrogen (secondary N) is 1. The van der Waals surface area contributed by atoms with Gasteiger partial charge in [0.25, 0.3) is 0 Å². The van der Waals surface area contributed by atoms with E-state index in [0.29, 0.717) is 12.1 Å². The first kappa shape index (κ1) is 13.2.